The summed E-state index contributed by atoms with van der Waals surface area (Å²) in [7, 11) is 0. The van der Waals surface area contributed by atoms with Crippen molar-refractivity contribution in [1.29, 1.82) is 0 Å². The van der Waals surface area contributed by atoms with Gasteiger partial charge in [0.1, 0.15) is 16.9 Å². The molecule has 0 atom stereocenters. The predicted octanol–water partition coefficient (Wildman–Crippen LogP) is 3.64. The molecule has 0 saturated heterocycles. The van der Waals surface area contributed by atoms with Gasteiger partial charge in [-0.25, -0.2) is 0 Å². The third-order valence-electron chi connectivity index (χ3n) is 3.48. The molecule has 0 bridgehead atoms. The maximum Gasteiger partial charge on any atom is 0.204 e. The average molecular weight is 278 g/mol. The number of carbonyl (C=O) groups is 1. The molecule has 0 unspecified atom stereocenters. The molecule has 0 aliphatic heterocycles. The first kappa shape index (κ1) is 13.3. The maximum absolute atomic E-state index is 12.6. The topological polar surface area (TPSA) is 47.3 Å². The highest BCUT2D eigenvalue weighted by atomic mass is 16.3. The number of carbonyl (C=O) groups excluding carboxylic acids is 1. The first-order valence-corrected chi connectivity index (χ1v) is 6.72. The molecule has 2 aromatic carbocycles. The van der Waals surface area contributed by atoms with Crippen LogP contribution in [-0.2, 0) is 0 Å². The molecule has 0 aliphatic rings. The summed E-state index contributed by atoms with van der Waals surface area (Å²) in [5.41, 5.74) is 1.79. The van der Waals surface area contributed by atoms with Gasteiger partial charge in [0, 0.05) is 5.56 Å². The Morgan fingerprint density at radius 3 is 2.43 bits per heavy atom. The number of ketones is 1. The summed E-state index contributed by atoms with van der Waals surface area (Å²) in [5, 5.41) is 0.444. The lowest BCUT2D eigenvalue weighted by Gasteiger charge is -2.06. The van der Waals surface area contributed by atoms with E-state index in [2.05, 4.69) is 0 Å². The van der Waals surface area contributed by atoms with E-state index in [0.717, 1.165) is 5.56 Å². The molecule has 0 radical (unpaired) electrons. The van der Waals surface area contributed by atoms with Crippen molar-refractivity contribution in [3.63, 3.8) is 0 Å². The van der Waals surface area contributed by atoms with Crippen LogP contribution in [0.1, 0.15) is 27.2 Å². The zero-order valence-electron chi connectivity index (χ0n) is 11.8. The lowest BCUT2D eigenvalue weighted by atomic mass is 10.0. The van der Waals surface area contributed by atoms with E-state index in [-0.39, 0.29) is 16.8 Å². The van der Waals surface area contributed by atoms with Crippen molar-refractivity contribution in [2.75, 3.05) is 0 Å². The molecule has 0 N–H and O–H groups in total. The van der Waals surface area contributed by atoms with E-state index in [4.69, 9.17) is 4.42 Å². The highest BCUT2D eigenvalue weighted by Crippen LogP contribution is 2.18. The number of benzene rings is 2. The van der Waals surface area contributed by atoms with Crippen LogP contribution in [0.2, 0.25) is 0 Å². The second kappa shape index (κ2) is 5.02. The molecule has 0 spiro atoms. The Balaban J connectivity index is 2.28. The Bertz CT molecular complexity index is 889. The van der Waals surface area contributed by atoms with Gasteiger partial charge in [-0.05, 0) is 26.0 Å². The minimum absolute atomic E-state index is 0.110. The monoisotopic (exact) mass is 278 g/mol. The fourth-order valence-electron chi connectivity index (χ4n) is 2.42. The summed E-state index contributed by atoms with van der Waals surface area (Å²) in [6.45, 7) is 3.55. The summed E-state index contributed by atoms with van der Waals surface area (Å²) >= 11 is 0. The van der Waals surface area contributed by atoms with E-state index in [1.807, 2.05) is 19.1 Å². The minimum Gasteiger partial charge on any atom is -0.460 e. The molecule has 0 saturated carbocycles. The van der Waals surface area contributed by atoms with Gasteiger partial charge in [0.2, 0.25) is 5.43 Å². The van der Waals surface area contributed by atoms with Crippen LogP contribution in [0.4, 0.5) is 0 Å². The van der Waals surface area contributed by atoms with Crippen LogP contribution in [0.25, 0.3) is 11.0 Å². The second-order valence-electron chi connectivity index (χ2n) is 5.06. The van der Waals surface area contributed by atoms with Crippen molar-refractivity contribution in [2.24, 2.45) is 0 Å². The zero-order chi connectivity index (χ0) is 15.0. The van der Waals surface area contributed by atoms with Crippen molar-refractivity contribution >= 4 is 16.8 Å². The van der Waals surface area contributed by atoms with Crippen LogP contribution >= 0.6 is 0 Å². The fraction of sp³-hybridized carbons (Fsp3) is 0.111. The molecular weight excluding hydrogens is 264 g/mol. The summed E-state index contributed by atoms with van der Waals surface area (Å²) in [4.78, 5) is 25.2. The molecule has 3 nitrogen and oxygen atoms in total. The van der Waals surface area contributed by atoms with Crippen LogP contribution in [0.5, 0.6) is 0 Å². The summed E-state index contributed by atoms with van der Waals surface area (Å²) in [6, 6.07) is 14.2. The van der Waals surface area contributed by atoms with Gasteiger partial charge in [0.05, 0.1) is 5.39 Å². The SMILES string of the molecule is Cc1ccc2oc(C)c(C(=O)c3ccccc3)c(=O)c2c1. The average Bonchev–Trinajstić information content (AvgIpc) is 2.49. The molecular formula is C18H14O3. The van der Waals surface area contributed by atoms with Gasteiger partial charge in [-0.3, -0.25) is 9.59 Å². The Morgan fingerprint density at radius 1 is 1.00 bits per heavy atom. The number of aryl methyl sites for hydroxylation is 2. The molecule has 0 aliphatic carbocycles. The molecule has 3 aromatic rings. The van der Waals surface area contributed by atoms with Gasteiger partial charge in [0.15, 0.2) is 5.78 Å². The van der Waals surface area contributed by atoms with E-state index in [1.54, 1.807) is 43.3 Å². The second-order valence-corrected chi connectivity index (χ2v) is 5.06. The van der Waals surface area contributed by atoms with E-state index in [9.17, 15) is 9.59 Å². The molecule has 0 amide bonds. The number of hydrogen-bond donors (Lipinski definition) is 0. The Morgan fingerprint density at radius 2 is 1.71 bits per heavy atom. The predicted molar refractivity (Wildman–Crippen MR) is 81.8 cm³/mol. The largest absolute Gasteiger partial charge is 0.460 e. The van der Waals surface area contributed by atoms with Gasteiger partial charge in [-0.2, -0.15) is 0 Å². The van der Waals surface area contributed by atoms with E-state index in [0.29, 0.717) is 22.3 Å². The standard InChI is InChI=1S/C18H14O3/c1-11-8-9-15-14(10-11)18(20)16(12(2)21-15)17(19)13-6-4-3-5-7-13/h3-10H,1-2H3. The van der Waals surface area contributed by atoms with E-state index in [1.165, 1.54) is 0 Å². The van der Waals surface area contributed by atoms with Gasteiger partial charge in [0.25, 0.3) is 0 Å². The van der Waals surface area contributed by atoms with Crippen LogP contribution in [0, 0.1) is 13.8 Å². The Hall–Kier alpha value is -2.68. The van der Waals surface area contributed by atoms with Crippen LogP contribution in [0.3, 0.4) is 0 Å². The normalized spacial score (nSPS) is 10.8. The van der Waals surface area contributed by atoms with Crippen molar-refractivity contribution in [1.82, 2.24) is 0 Å². The molecule has 3 heteroatoms. The molecule has 3 rings (SSSR count). The van der Waals surface area contributed by atoms with Gasteiger partial charge in [-0.15, -0.1) is 0 Å². The highest BCUT2D eigenvalue weighted by molar-refractivity contribution is 6.10. The molecule has 1 aromatic heterocycles. The number of hydrogen-bond acceptors (Lipinski definition) is 3. The van der Waals surface area contributed by atoms with E-state index >= 15 is 0 Å². The smallest absolute Gasteiger partial charge is 0.204 e. The molecule has 1 heterocycles. The lowest BCUT2D eigenvalue weighted by molar-refractivity contribution is 0.103. The zero-order valence-corrected chi connectivity index (χ0v) is 11.8. The third kappa shape index (κ3) is 2.27. The van der Waals surface area contributed by atoms with Crippen molar-refractivity contribution in [3.8, 4) is 0 Å². The molecule has 21 heavy (non-hydrogen) atoms. The molecule has 104 valence electrons. The van der Waals surface area contributed by atoms with Crippen LogP contribution in [-0.4, -0.2) is 5.78 Å². The lowest BCUT2D eigenvalue weighted by Crippen LogP contribution is -2.18. The molecule has 0 fully saturated rings. The summed E-state index contributed by atoms with van der Waals surface area (Å²) in [5.74, 6) is 0.0514. The van der Waals surface area contributed by atoms with Crippen LogP contribution < -0.4 is 5.43 Å². The highest BCUT2D eigenvalue weighted by Gasteiger charge is 2.19. The first-order chi connectivity index (χ1) is 10.1. The maximum atomic E-state index is 12.6. The summed E-state index contributed by atoms with van der Waals surface area (Å²) < 4.78 is 5.65. The van der Waals surface area contributed by atoms with Gasteiger partial charge < -0.3 is 4.42 Å². The Labute approximate surface area is 121 Å². The van der Waals surface area contributed by atoms with Crippen molar-refractivity contribution in [2.45, 2.75) is 13.8 Å². The number of rotatable bonds is 2. The number of fused-ring (bicyclic) bond motifs is 1. The fourth-order valence-corrected chi connectivity index (χ4v) is 2.42. The van der Waals surface area contributed by atoms with E-state index < -0.39 is 0 Å². The van der Waals surface area contributed by atoms with Gasteiger partial charge >= 0.3 is 0 Å². The quantitative estimate of drug-likeness (QED) is 0.672. The van der Waals surface area contributed by atoms with Gasteiger partial charge in [-0.1, -0.05) is 42.0 Å². The van der Waals surface area contributed by atoms with Crippen molar-refractivity contribution in [3.05, 3.63) is 81.2 Å². The summed E-state index contributed by atoms with van der Waals surface area (Å²) in [6.07, 6.45) is 0. The Kier molecular flexibility index (Phi) is 3.18. The van der Waals surface area contributed by atoms with Crippen LogP contribution in [0.15, 0.2) is 57.7 Å². The first-order valence-electron chi connectivity index (χ1n) is 6.72. The third-order valence-corrected chi connectivity index (χ3v) is 3.48. The minimum atomic E-state index is -0.301. The van der Waals surface area contributed by atoms with Crippen molar-refractivity contribution < 1.29 is 9.21 Å².